The van der Waals surface area contributed by atoms with E-state index in [4.69, 9.17) is 5.73 Å². The van der Waals surface area contributed by atoms with E-state index >= 15 is 0 Å². The lowest BCUT2D eigenvalue weighted by atomic mass is 9.86. The molecule has 2 aromatic rings. The first kappa shape index (κ1) is 12.3. The van der Waals surface area contributed by atoms with Crippen LogP contribution < -0.4 is 5.73 Å². The van der Waals surface area contributed by atoms with Crippen LogP contribution in [0.5, 0.6) is 0 Å². The van der Waals surface area contributed by atoms with Gasteiger partial charge < -0.3 is 5.73 Å². The predicted molar refractivity (Wildman–Crippen MR) is 74.1 cm³/mol. The summed E-state index contributed by atoms with van der Waals surface area (Å²) in [5.41, 5.74) is 9.32. The van der Waals surface area contributed by atoms with Crippen LogP contribution in [0.15, 0.2) is 30.3 Å². The van der Waals surface area contributed by atoms with Crippen molar-refractivity contribution >= 4 is 11.5 Å². The summed E-state index contributed by atoms with van der Waals surface area (Å²) in [5.74, 6) is 0. The largest absolute Gasteiger partial charge is 0.326 e. The fourth-order valence-electron chi connectivity index (χ4n) is 1.69. The van der Waals surface area contributed by atoms with Crippen molar-refractivity contribution in [3.63, 3.8) is 0 Å². The molecule has 17 heavy (non-hydrogen) atoms. The Kier molecular flexibility index (Phi) is 3.31. The van der Waals surface area contributed by atoms with Crippen LogP contribution in [0.25, 0.3) is 11.3 Å². The van der Waals surface area contributed by atoms with E-state index in [1.165, 1.54) is 17.1 Å². The van der Waals surface area contributed by atoms with Crippen LogP contribution >= 0.6 is 11.5 Å². The molecule has 0 atom stereocenters. The Morgan fingerprint density at radius 2 is 1.82 bits per heavy atom. The quantitative estimate of drug-likeness (QED) is 0.880. The smallest absolute Gasteiger partial charge is 0.0844 e. The molecule has 0 bridgehead atoms. The lowest BCUT2D eigenvalue weighted by Crippen LogP contribution is -2.10. The van der Waals surface area contributed by atoms with Crippen molar-refractivity contribution in [2.24, 2.45) is 5.73 Å². The standard InChI is InChI=1S/C14H18N2S/c1-14(2,3)11-6-4-10(5-7-11)13-8-12(9-15)17-16-13/h4-8H,9,15H2,1-3H3. The maximum Gasteiger partial charge on any atom is 0.0844 e. The summed E-state index contributed by atoms with van der Waals surface area (Å²) in [6, 6.07) is 10.7. The van der Waals surface area contributed by atoms with Gasteiger partial charge in [-0.05, 0) is 28.6 Å². The summed E-state index contributed by atoms with van der Waals surface area (Å²) in [6.07, 6.45) is 0. The Bertz CT molecular complexity index is 492. The van der Waals surface area contributed by atoms with Crippen molar-refractivity contribution in [1.29, 1.82) is 0 Å². The molecular weight excluding hydrogens is 228 g/mol. The lowest BCUT2D eigenvalue weighted by Gasteiger charge is -2.18. The van der Waals surface area contributed by atoms with Crippen molar-refractivity contribution in [3.8, 4) is 11.3 Å². The first-order valence-electron chi connectivity index (χ1n) is 5.77. The number of benzene rings is 1. The first-order valence-corrected chi connectivity index (χ1v) is 6.54. The molecule has 0 fully saturated rings. The molecule has 2 N–H and O–H groups in total. The third-order valence-electron chi connectivity index (χ3n) is 2.81. The fraction of sp³-hybridized carbons (Fsp3) is 0.357. The summed E-state index contributed by atoms with van der Waals surface area (Å²) >= 11 is 1.48. The van der Waals surface area contributed by atoms with E-state index in [1.807, 2.05) is 0 Å². The number of nitrogens with zero attached hydrogens (tertiary/aromatic N) is 1. The Morgan fingerprint density at radius 3 is 2.29 bits per heavy atom. The van der Waals surface area contributed by atoms with Gasteiger partial charge in [0.1, 0.15) is 0 Å². The molecule has 0 saturated heterocycles. The number of nitrogens with two attached hydrogens (primary N) is 1. The summed E-state index contributed by atoms with van der Waals surface area (Å²) in [7, 11) is 0. The van der Waals surface area contributed by atoms with Gasteiger partial charge in [0.05, 0.1) is 5.69 Å². The SMILES string of the molecule is CC(C)(C)c1ccc(-c2cc(CN)sn2)cc1. The van der Waals surface area contributed by atoms with Crippen LogP contribution in [0.2, 0.25) is 0 Å². The van der Waals surface area contributed by atoms with Crippen LogP contribution in [0, 0.1) is 0 Å². The first-order chi connectivity index (χ1) is 8.00. The van der Waals surface area contributed by atoms with Crippen LogP contribution in [0.4, 0.5) is 0 Å². The third kappa shape index (κ3) is 2.73. The summed E-state index contributed by atoms with van der Waals surface area (Å²) in [4.78, 5) is 1.12. The normalized spacial score (nSPS) is 11.8. The molecule has 0 amide bonds. The Balaban J connectivity index is 2.29. The molecule has 0 saturated carbocycles. The third-order valence-corrected chi connectivity index (χ3v) is 3.61. The van der Waals surface area contributed by atoms with Crippen LogP contribution in [-0.4, -0.2) is 4.37 Å². The van der Waals surface area contributed by atoms with Crippen molar-refractivity contribution in [3.05, 3.63) is 40.8 Å². The highest BCUT2D eigenvalue weighted by atomic mass is 32.1. The Morgan fingerprint density at radius 1 is 1.18 bits per heavy atom. The summed E-state index contributed by atoms with van der Waals surface area (Å²) < 4.78 is 4.41. The molecule has 90 valence electrons. The monoisotopic (exact) mass is 246 g/mol. The Hall–Kier alpha value is -1.19. The van der Waals surface area contributed by atoms with E-state index < -0.39 is 0 Å². The summed E-state index contributed by atoms with van der Waals surface area (Å²) in [5, 5.41) is 0. The van der Waals surface area contributed by atoms with Crippen LogP contribution in [-0.2, 0) is 12.0 Å². The average Bonchev–Trinajstić information content (AvgIpc) is 2.76. The highest BCUT2D eigenvalue weighted by molar-refractivity contribution is 7.06. The van der Waals surface area contributed by atoms with E-state index in [-0.39, 0.29) is 5.41 Å². The molecule has 1 heterocycles. The molecule has 0 aliphatic heterocycles. The molecule has 0 radical (unpaired) electrons. The Labute approximate surface area is 107 Å². The zero-order valence-electron chi connectivity index (χ0n) is 10.5. The molecule has 1 aromatic heterocycles. The van der Waals surface area contributed by atoms with Gasteiger partial charge in [-0.15, -0.1) is 0 Å². The molecule has 0 spiro atoms. The van der Waals surface area contributed by atoms with Gasteiger partial charge in [-0.2, -0.15) is 4.37 Å². The second kappa shape index (κ2) is 4.59. The minimum Gasteiger partial charge on any atom is -0.326 e. The van der Waals surface area contributed by atoms with Crippen molar-refractivity contribution in [1.82, 2.24) is 4.37 Å². The van der Waals surface area contributed by atoms with E-state index in [0.29, 0.717) is 6.54 Å². The van der Waals surface area contributed by atoms with Crippen molar-refractivity contribution in [2.75, 3.05) is 0 Å². The molecule has 2 rings (SSSR count). The molecule has 0 aliphatic carbocycles. The minimum absolute atomic E-state index is 0.197. The van der Waals surface area contributed by atoms with Gasteiger partial charge in [0.25, 0.3) is 0 Å². The van der Waals surface area contributed by atoms with Gasteiger partial charge in [0.2, 0.25) is 0 Å². The fourth-order valence-corrected chi connectivity index (χ4v) is 2.30. The average molecular weight is 246 g/mol. The van der Waals surface area contributed by atoms with Crippen LogP contribution in [0.3, 0.4) is 0 Å². The zero-order valence-corrected chi connectivity index (χ0v) is 11.3. The molecule has 0 unspecified atom stereocenters. The number of hydrogen-bond acceptors (Lipinski definition) is 3. The van der Waals surface area contributed by atoms with Crippen molar-refractivity contribution < 1.29 is 0 Å². The number of rotatable bonds is 2. The van der Waals surface area contributed by atoms with E-state index in [1.54, 1.807) is 0 Å². The second-order valence-electron chi connectivity index (χ2n) is 5.21. The lowest BCUT2D eigenvalue weighted by molar-refractivity contribution is 0.590. The summed E-state index contributed by atoms with van der Waals surface area (Å²) in [6.45, 7) is 7.23. The molecule has 2 nitrogen and oxygen atoms in total. The molecule has 0 aliphatic rings. The van der Waals surface area contributed by atoms with E-state index in [9.17, 15) is 0 Å². The molecule has 1 aromatic carbocycles. The predicted octanol–water partition coefficient (Wildman–Crippen LogP) is 3.57. The van der Waals surface area contributed by atoms with E-state index in [0.717, 1.165) is 16.1 Å². The molecule has 3 heteroatoms. The van der Waals surface area contributed by atoms with Gasteiger partial charge in [-0.1, -0.05) is 45.0 Å². The highest BCUT2D eigenvalue weighted by Crippen LogP contribution is 2.26. The van der Waals surface area contributed by atoms with Crippen molar-refractivity contribution in [2.45, 2.75) is 32.7 Å². The number of aromatic nitrogens is 1. The highest BCUT2D eigenvalue weighted by Gasteiger charge is 2.13. The topological polar surface area (TPSA) is 38.9 Å². The molecular formula is C14H18N2S. The van der Waals surface area contributed by atoms with Gasteiger partial charge >= 0.3 is 0 Å². The van der Waals surface area contributed by atoms with E-state index in [2.05, 4.69) is 55.5 Å². The maximum absolute atomic E-state index is 5.59. The van der Waals surface area contributed by atoms with Crippen LogP contribution in [0.1, 0.15) is 31.2 Å². The van der Waals surface area contributed by atoms with Gasteiger partial charge in [-0.3, -0.25) is 0 Å². The maximum atomic E-state index is 5.59. The zero-order chi connectivity index (χ0) is 12.5. The number of hydrogen-bond donors (Lipinski definition) is 1. The van der Waals surface area contributed by atoms with Gasteiger partial charge in [-0.25, -0.2) is 0 Å². The second-order valence-corrected chi connectivity index (χ2v) is 6.10. The minimum atomic E-state index is 0.197. The van der Waals surface area contributed by atoms with Gasteiger partial charge in [0.15, 0.2) is 0 Å². The van der Waals surface area contributed by atoms with Gasteiger partial charge in [0, 0.05) is 17.0 Å².